The normalized spacial score (nSPS) is 12.4. The molecule has 0 unspecified atom stereocenters. The van der Waals surface area contributed by atoms with Crippen LogP contribution >= 0.6 is 0 Å². The van der Waals surface area contributed by atoms with E-state index in [1.807, 2.05) is 18.2 Å². The fourth-order valence-corrected chi connectivity index (χ4v) is 1.89. The first kappa shape index (κ1) is 11.6. The minimum absolute atomic E-state index is 0.0763. The average Bonchev–Trinajstić information content (AvgIpc) is 3.06. The number of hydrogen-bond donors (Lipinski definition) is 1. The van der Waals surface area contributed by atoms with E-state index in [0.29, 0.717) is 12.3 Å². The number of fused-ring (bicyclic) bond motifs is 1. The molecule has 1 aromatic heterocycles. The van der Waals surface area contributed by atoms with Crippen LogP contribution in [0.1, 0.15) is 11.3 Å². The van der Waals surface area contributed by atoms with E-state index in [9.17, 15) is 4.79 Å². The second kappa shape index (κ2) is 5.06. The van der Waals surface area contributed by atoms with Crippen molar-refractivity contribution in [2.45, 2.75) is 13.0 Å². The van der Waals surface area contributed by atoms with Crippen molar-refractivity contribution >= 4 is 5.91 Å². The van der Waals surface area contributed by atoms with Crippen molar-refractivity contribution in [2.75, 3.05) is 6.79 Å². The lowest BCUT2D eigenvalue weighted by Gasteiger charge is -2.05. The van der Waals surface area contributed by atoms with E-state index < -0.39 is 0 Å². The maximum absolute atomic E-state index is 11.7. The van der Waals surface area contributed by atoms with Gasteiger partial charge in [-0.3, -0.25) is 4.79 Å². The van der Waals surface area contributed by atoms with Crippen molar-refractivity contribution in [3.63, 3.8) is 0 Å². The number of amides is 1. The molecule has 0 fully saturated rings. The number of carbonyl (C=O) groups is 1. The molecule has 5 heteroatoms. The molecule has 1 aromatic carbocycles. The molecule has 1 aliphatic heterocycles. The summed E-state index contributed by atoms with van der Waals surface area (Å²) in [5, 5.41) is 2.83. The largest absolute Gasteiger partial charge is 0.469 e. The Bertz CT molecular complexity index is 577. The zero-order chi connectivity index (χ0) is 13.1. The first-order valence-corrected chi connectivity index (χ1v) is 5.99. The summed E-state index contributed by atoms with van der Waals surface area (Å²) in [7, 11) is 0. The van der Waals surface area contributed by atoms with Crippen molar-refractivity contribution in [3.05, 3.63) is 47.9 Å². The highest BCUT2D eigenvalue weighted by Gasteiger charge is 2.13. The Morgan fingerprint density at radius 2 is 2.11 bits per heavy atom. The molecule has 0 saturated carbocycles. The van der Waals surface area contributed by atoms with Gasteiger partial charge in [-0.25, -0.2) is 0 Å². The van der Waals surface area contributed by atoms with Gasteiger partial charge in [0.15, 0.2) is 11.5 Å². The molecule has 0 saturated heterocycles. The third-order valence-electron chi connectivity index (χ3n) is 2.84. The van der Waals surface area contributed by atoms with Crippen LogP contribution in [-0.2, 0) is 17.8 Å². The van der Waals surface area contributed by atoms with Crippen molar-refractivity contribution in [3.8, 4) is 11.5 Å². The van der Waals surface area contributed by atoms with Crippen LogP contribution in [0.3, 0.4) is 0 Å². The topological polar surface area (TPSA) is 60.7 Å². The Morgan fingerprint density at radius 1 is 1.21 bits per heavy atom. The zero-order valence-electron chi connectivity index (χ0n) is 10.2. The molecule has 1 N–H and O–H groups in total. The molecule has 0 atom stereocenters. The van der Waals surface area contributed by atoms with Gasteiger partial charge in [-0.1, -0.05) is 6.07 Å². The Hall–Kier alpha value is -2.43. The highest BCUT2D eigenvalue weighted by molar-refractivity contribution is 5.77. The SMILES string of the molecule is O=C(Cc1ccco1)NCc1ccc2c(c1)OCO2. The molecule has 2 aromatic rings. The molecule has 1 amide bonds. The van der Waals surface area contributed by atoms with E-state index in [4.69, 9.17) is 13.9 Å². The maximum Gasteiger partial charge on any atom is 0.231 e. The van der Waals surface area contributed by atoms with Crippen LogP contribution in [0.2, 0.25) is 0 Å². The summed E-state index contributed by atoms with van der Waals surface area (Å²) in [6.45, 7) is 0.708. The Morgan fingerprint density at radius 3 is 2.95 bits per heavy atom. The van der Waals surface area contributed by atoms with Gasteiger partial charge in [0, 0.05) is 6.54 Å². The van der Waals surface area contributed by atoms with Crippen LogP contribution in [-0.4, -0.2) is 12.7 Å². The molecular formula is C14H13NO4. The predicted molar refractivity (Wildman–Crippen MR) is 66.8 cm³/mol. The van der Waals surface area contributed by atoms with Gasteiger partial charge >= 0.3 is 0 Å². The van der Waals surface area contributed by atoms with Crippen molar-refractivity contribution in [1.29, 1.82) is 0 Å². The van der Waals surface area contributed by atoms with Gasteiger partial charge in [0.05, 0.1) is 12.7 Å². The minimum atomic E-state index is -0.0763. The quantitative estimate of drug-likeness (QED) is 0.910. The maximum atomic E-state index is 11.7. The van der Waals surface area contributed by atoms with Gasteiger partial charge < -0.3 is 19.2 Å². The third-order valence-corrected chi connectivity index (χ3v) is 2.84. The summed E-state index contributed by atoms with van der Waals surface area (Å²) >= 11 is 0. The summed E-state index contributed by atoms with van der Waals surface area (Å²) in [4.78, 5) is 11.7. The first-order valence-electron chi connectivity index (χ1n) is 5.99. The first-order chi connectivity index (χ1) is 9.31. The van der Waals surface area contributed by atoms with Crippen LogP contribution in [0, 0.1) is 0 Å². The van der Waals surface area contributed by atoms with E-state index >= 15 is 0 Å². The van der Waals surface area contributed by atoms with Gasteiger partial charge in [0.2, 0.25) is 12.7 Å². The smallest absolute Gasteiger partial charge is 0.231 e. The average molecular weight is 259 g/mol. The Kier molecular flexibility index (Phi) is 3.10. The highest BCUT2D eigenvalue weighted by atomic mass is 16.7. The molecule has 0 aliphatic carbocycles. The molecule has 0 radical (unpaired) electrons. The Labute approximate surface area is 110 Å². The number of ether oxygens (including phenoxy) is 2. The third kappa shape index (κ3) is 2.70. The number of rotatable bonds is 4. The fraction of sp³-hybridized carbons (Fsp3) is 0.214. The predicted octanol–water partition coefficient (Wildman–Crippen LogP) is 1.87. The summed E-state index contributed by atoms with van der Waals surface area (Å²) in [5.74, 6) is 2.04. The van der Waals surface area contributed by atoms with Crippen LogP contribution < -0.4 is 14.8 Å². The number of benzene rings is 1. The van der Waals surface area contributed by atoms with Crippen LogP contribution in [0.15, 0.2) is 41.0 Å². The van der Waals surface area contributed by atoms with Crippen molar-refractivity contribution < 1.29 is 18.7 Å². The van der Waals surface area contributed by atoms with Gasteiger partial charge in [-0.2, -0.15) is 0 Å². The molecule has 98 valence electrons. The van der Waals surface area contributed by atoms with Gasteiger partial charge in [-0.15, -0.1) is 0 Å². The molecule has 1 aliphatic rings. The number of hydrogen-bond acceptors (Lipinski definition) is 4. The lowest BCUT2D eigenvalue weighted by molar-refractivity contribution is -0.120. The second-order valence-electron chi connectivity index (χ2n) is 4.22. The lowest BCUT2D eigenvalue weighted by atomic mass is 10.2. The van der Waals surface area contributed by atoms with Crippen molar-refractivity contribution in [1.82, 2.24) is 5.32 Å². The summed E-state index contributed by atoms with van der Waals surface area (Å²) in [6, 6.07) is 9.16. The zero-order valence-corrected chi connectivity index (χ0v) is 10.2. The van der Waals surface area contributed by atoms with E-state index in [1.54, 1.807) is 18.4 Å². The highest BCUT2D eigenvalue weighted by Crippen LogP contribution is 2.32. The standard InChI is InChI=1S/C14H13NO4/c16-14(7-11-2-1-5-17-11)15-8-10-3-4-12-13(6-10)19-9-18-12/h1-6H,7-9H2,(H,15,16). The molecule has 3 rings (SSSR count). The van der Waals surface area contributed by atoms with Gasteiger partial charge in [0.25, 0.3) is 0 Å². The number of nitrogens with one attached hydrogen (secondary N) is 1. The molecule has 2 heterocycles. The van der Waals surface area contributed by atoms with Gasteiger partial charge in [0.1, 0.15) is 5.76 Å². The van der Waals surface area contributed by atoms with E-state index in [0.717, 1.165) is 17.1 Å². The Balaban J connectivity index is 1.56. The lowest BCUT2D eigenvalue weighted by Crippen LogP contribution is -2.24. The van der Waals surface area contributed by atoms with Crippen LogP contribution in [0.25, 0.3) is 0 Å². The fourth-order valence-electron chi connectivity index (χ4n) is 1.89. The summed E-state index contributed by atoms with van der Waals surface area (Å²) in [6.07, 6.45) is 1.80. The van der Waals surface area contributed by atoms with Gasteiger partial charge in [-0.05, 0) is 29.8 Å². The van der Waals surface area contributed by atoms with E-state index in [1.165, 1.54) is 0 Å². The minimum Gasteiger partial charge on any atom is -0.469 e. The molecule has 0 spiro atoms. The number of furan rings is 1. The second-order valence-corrected chi connectivity index (χ2v) is 4.22. The monoisotopic (exact) mass is 259 g/mol. The molecular weight excluding hydrogens is 246 g/mol. The molecule has 5 nitrogen and oxygen atoms in total. The molecule has 0 bridgehead atoms. The van der Waals surface area contributed by atoms with Crippen molar-refractivity contribution in [2.24, 2.45) is 0 Å². The van der Waals surface area contributed by atoms with E-state index in [-0.39, 0.29) is 19.1 Å². The van der Waals surface area contributed by atoms with Crippen LogP contribution in [0.4, 0.5) is 0 Å². The van der Waals surface area contributed by atoms with Crippen LogP contribution in [0.5, 0.6) is 11.5 Å². The van der Waals surface area contributed by atoms with E-state index in [2.05, 4.69) is 5.32 Å². The number of carbonyl (C=O) groups excluding carboxylic acids is 1. The molecule has 19 heavy (non-hydrogen) atoms. The summed E-state index contributed by atoms with van der Waals surface area (Å²) in [5.41, 5.74) is 0.969. The summed E-state index contributed by atoms with van der Waals surface area (Å²) < 4.78 is 15.6.